The molecule has 1 rings (SSSR count). The van der Waals surface area contributed by atoms with Crippen molar-refractivity contribution in [1.29, 1.82) is 0 Å². The highest BCUT2D eigenvalue weighted by molar-refractivity contribution is 8.76. The minimum atomic E-state index is -0.308. The van der Waals surface area contributed by atoms with Crippen molar-refractivity contribution < 1.29 is 14.6 Å². The predicted molar refractivity (Wildman–Crippen MR) is 54.9 cm³/mol. The number of hydrogen-bond donors (Lipinski definition) is 1. The van der Waals surface area contributed by atoms with Crippen LogP contribution in [0.15, 0.2) is 0 Å². The van der Waals surface area contributed by atoms with Gasteiger partial charge < -0.3 is 14.7 Å². The van der Waals surface area contributed by atoms with E-state index in [1.165, 1.54) is 0 Å². The maximum absolute atomic E-state index is 11.3. The van der Waals surface area contributed by atoms with E-state index in [9.17, 15) is 4.79 Å². The van der Waals surface area contributed by atoms with Gasteiger partial charge in [-0.2, -0.15) is 0 Å². The van der Waals surface area contributed by atoms with Crippen molar-refractivity contribution in [2.45, 2.75) is 0 Å². The van der Waals surface area contributed by atoms with Gasteiger partial charge in [0, 0.05) is 24.6 Å². The molecule has 0 aromatic heterocycles. The Morgan fingerprint density at radius 1 is 1.38 bits per heavy atom. The van der Waals surface area contributed by atoms with Gasteiger partial charge in [-0.3, -0.25) is 0 Å². The van der Waals surface area contributed by atoms with Crippen LogP contribution in [-0.4, -0.2) is 53.9 Å². The summed E-state index contributed by atoms with van der Waals surface area (Å²) < 4.78 is 4.80. The molecular weight excluding hydrogens is 210 g/mol. The summed E-state index contributed by atoms with van der Waals surface area (Å²) in [6.45, 7) is 1.46. The number of amides is 1. The number of rotatable bonds is 2. The van der Waals surface area contributed by atoms with Gasteiger partial charge in [-0.1, -0.05) is 21.6 Å². The highest BCUT2D eigenvalue weighted by atomic mass is 33.1. The van der Waals surface area contributed by atoms with Gasteiger partial charge in [0.15, 0.2) is 0 Å². The third kappa shape index (κ3) is 4.10. The molecule has 0 unspecified atom stereocenters. The summed E-state index contributed by atoms with van der Waals surface area (Å²) in [5, 5.41) is 8.47. The third-order valence-electron chi connectivity index (χ3n) is 1.55. The summed E-state index contributed by atoms with van der Waals surface area (Å²) in [4.78, 5) is 13.0. The Bertz CT molecular complexity index is 160. The summed E-state index contributed by atoms with van der Waals surface area (Å²) in [6, 6.07) is 0. The lowest BCUT2D eigenvalue weighted by Crippen LogP contribution is -2.34. The van der Waals surface area contributed by atoms with Crippen molar-refractivity contribution >= 4 is 27.7 Å². The van der Waals surface area contributed by atoms with Crippen LogP contribution < -0.4 is 0 Å². The zero-order chi connectivity index (χ0) is 9.52. The molecule has 0 aliphatic carbocycles. The Labute approximate surface area is 85.4 Å². The molecule has 1 saturated heterocycles. The Morgan fingerprint density at radius 3 is 2.54 bits per heavy atom. The van der Waals surface area contributed by atoms with Gasteiger partial charge in [0.2, 0.25) is 0 Å². The molecule has 1 heterocycles. The first-order chi connectivity index (χ1) is 6.34. The number of nitrogens with zero attached hydrogens (tertiary/aromatic N) is 1. The Hall–Kier alpha value is -0.0700. The van der Waals surface area contributed by atoms with Crippen LogP contribution in [0.3, 0.4) is 0 Å². The van der Waals surface area contributed by atoms with Crippen LogP contribution in [-0.2, 0) is 4.74 Å². The fourth-order valence-corrected chi connectivity index (χ4v) is 2.91. The van der Waals surface area contributed by atoms with Crippen LogP contribution in [0, 0.1) is 0 Å². The normalized spacial score (nSPS) is 18.1. The van der Waals surface area contributed by atoms with Crippen molar-refractivity contribution in [2.24, 2.45) is 0 Å². The molecule has 4 nitrogen and oxygen atoms in total. The molecule has 0 spiro atoms. The molecule has 6 heteroatoms. The highest BCUT2D eigenvalue weighted by Gasteiger charge is 2.16. The zero-order valence-electron chi connectivity index (χ0n) is 7.27. The molecule has 1 amide bonds. The summed E-state index contributed by atoms with van der Waals surface area (Å²) in [6.07, 6.45) is -0.308. The second-order valence-corrected chi connectivity index (χ2v) is 5.17. The molecule has 0 radical (unpaired) electrons. The van der Waals surface area contributed by atoms with E-state index in [4.69, 9.17) is 9.84 Å². The first-order valence-corrected chi connectivity index (χ1v) is 6.60. The van der Waals surface area contributed by atoms with Gasteiger partial charge in [-0.15, -0.1) is 0 Å². The van der Waals surface area contributed by atoms with E-state index in [0.29, 0.717) is 0 Å². The summed E-state index contributed by atoms with van der Waals surface area (Å²) >= 11 is 0. The SMILES string of the molecule is O=C(OCCO)N1CCSSCC1. The fourth-order valence-electron chi connectivity index (χ4n) is 0.931. The van der Waals surface area contributed by atoms with Crippen LogP contribution in [0.1, 0.15) is 0 Å². The number of aliphatic hydroxyl groups is 1. The minimum Gasteiger partial charge on any atom is -0.447 e. The van der Waals surface area contributed by atoms with Gasteiger partial charge in [0.25, 0.3) is 0 Å². The van der Waals surface area contributed by atoms with E-state index >= 15 is 0 Å². The second kappa shape index (κ2) is 6.39. The van der Waals surface area contributed by atoms with Crippen molar-refractivity contribution in [1.82, 2.24) is 4.90 Å². The number of hydrogen-bond acceptors (Lipinski definition) is 5. The number of aliphatic hydroxyl groups excluding tert-OH is 1. The molecule has 1 aliphatic rings. The fraction of sp³-hybridized carbons (Fsp3) is 0.857. The molecule has 1 aliphatic heterocycles. The average molecular weight is 223 g/mol. The van der Waals surface area contributed by atoms with Crippen LogP contribution in [0.5, 0.6) is 0 Å². The van der Waals surface area contributed by atoms with Crippen molar-refractivity contribution in [3.63, 3.8) is 0 Å². The van der Waals surface area contributed by atoms with Crippen LogP contribution in [0.2, 0.25) is 0 Å². The molecule has 0 aromatic rings. The maximum Gasteiger partial charge on any atom is 0.409 e. The Morgan fingerprint density at radius 2 is 2.00 bits per heavy atom. The standard InChI is InChI=1S/C7H13NO3S2/c9-3-4-11-7(10)8-1-5-12-13-6-2-8/h9H,1-6H2. The summed E-state index contributed by atoms with van der Waals surface area (Å²) in [7, 11) is 3.56. The minimum absolute atomic E-state index is 0.0929. The smallest absolute Gasteiger partial charge is 0.409 e. The number of carbonyl (C=O) groups is 1. The molecule has 0 saturated carbocycles. The predicted octanol–water partition coefficient (Wildman–Crippen LogP) is 0.812. The van der Waals surface area contributed by atoms with E-state index in [0.717, 1.165) is 24.6 Å². The van der Waals surface area contributed by atoms with Gasteiger partial charge >= 0.3 is 6.09 Å². The van der Waals surface area contributed by atoms with Gasteiger partial charge in [0.1, 0.15) is 6.61 Å². The van der Waals surface area contributed by atoms with Crippen LogP contribution >= 0.6 is 21.6 Å². The quantitative estimate of drug-likeness (QED) is 0.702. The number of carbonyl (C=O) groups excluding carboxylic acids is 1. The lowest BCUT2D eigenvalue weighted by atomic mass is 10.5. The topological polar surface area (TPSA) is 49.8 Å². The molecule has 0 atom stereocenters. The average Bonchev–Trinajstić information content (AvgIpc) is 2.42. The number of ether oxygens (including phenoxy) is 1. The van der Waals surface area contributed by atoms with Gasteiger partial charge in [-0.25, -0.2) is 4.79 Å². The van der Waals surface area contributed by atoms with Gasteiger partial charge in [-0.05, 0) is 0 Å². The first kappa shape index (κ1) is 11.0. The van der Waals surface area contributed by atoms with E-state index in [2.05, 4.69) is 0 Å². The molecule has 0 aromatic carbocycles. The van der Waals surface area contributed by atoms with E-state index < -0.39 is 0 Å². The van der Waals surface area contributed by atoms with Crippen LogP contribution in [0.4, 0.5) is 4.79 Å². The van der Waals surface area contributed by atoms with E-state index in [-0.39, 0.29) is 19.3 Å². The third-order valence-corrected chi connectivity index (χ3v) is 3.91. The first-order valence-electron chi connectivity index (χ1n) is 4.11. The van der Waals surface area contributed by atoms with E-state index in [1.807, 2.05) is 0 Å². The molecule has 0 bridgehead atoms. The lowest BCUT2D eigenvalue weighted by Gasteiger charge is -2.18. The summed E-state index contributed by atoms with van der Waals surface area (Å²) in [5.41, 5.74) is 0. The van der Waals surface area contributed by atoms with Gasteiger partial charge in [0.05, 0.1) is 6.61 Å². The van der Waals surface area contributed by atoms with Crippen molar-refractivity contribution in [3.05, 3.63) is 0 Å². The second-order valence-electron chi connectivity index (χ2n) is 2.47. The van der Waals surface area contributed by atoms with Crippen molar-refractivity contribution in [2.75, 3.05) is 37.8 Å². The maximum atomic E-state index is 11.3. The molecule has 1 fully saturated rings. The zero-order valence-corrected chi connectivity index (χ0v) is 8.90. The van der Waals surface area contributed by atoms with Crippen molar-refractivity contribution in [3.8, 4) is 0 Å². The highest BCUT2D eigenvalue weighted by Crippen LogP contribution is 2.23. The Balaban J connectivity index is 2.26. The lowest BCUT2D eigenvalue weighted by molar-refractivity contribution is 0.0878. The van der Waals surface area contributed by atoms with E-state index in [1.54, 1.807) is 26.5 Å². The summed E-state index contributed by atoms with van der Waals surface area (Å²) in [5.74, 6) is 1.89. The van der Waals surface area contributed by atoms with Crippen LogP contribution in [0.25, 0.3) is 0 Å². The molecule has 76 valence electrons. The molecular formula is C7H13NO3S2. The largest absolute Gasteiger partial charge is 0.447 e. The molecule has 13 heavy (non-hydrogen) atoms. The molecule has 1 N–H and O–H groups in total. The monoisotopic (exact) mass is 223 g/mol. The Kier molecular flexibility index (Phi) is 5.41.